The second-order valence-electron chi connectivity index (χ2n) is 3.64. The number of nitrogens with zero attached hydrogens (tertiary/aromatic N) is 2. The van der Waals surface area contributed by atoms with Crippen molar-refractivity contribution in [1.82, 2.24) is 4.98 Å². The van der Waals surface area contributed by atoms with Gasteiger partial charge >= 0.3 is 0 Å². The predicted molar refractivity (Wildman–Crippen MR) is 64.2 cm³/mol. The highest BCUT2D eigenvalue weighted by atomic mass is 16.5. The van der Waals surface area contributed by atoms with Crippen molar-refractivity contribution in [3.63, 3.8) is 0 Å². The summed E-state index contributed by atoms with van der Waals surface area (Å²) in [6.07, 6.45) is 2.64. The van der Waals surface area contributed by atoms with Crippen molar-refractivity contribution in [2.75, 3.05) is 0 Å². The number of aliphatic hydroxyl groups is 1. The number of aromatic nitrogens is 1. The topological polar surface area (TPSA) is 96.3 Å². The largest absolute Gasteiger partial charge is 0.482 e. The highest BCUT2D eigenvalue weighted by Crippen LogP contribution is 2.10. The van der Waals surface area contributed by atoms with Crippen LogP contribution >= 0.6 is 0 Å². The SMILES string of the molecule is N#Cc1ncccc1COc1coc(CO)cc1=O. The molecular formula is C13H10N2O4. The van der Waals surface area contributed by atoms with Crippen LogP contribution in [0.5, 0.6) is 5.75 Å². The third-order valence-corrected chi connectivity index (χ3v) is 2.39. The molecule has 0 unspecified atom stereocenters. The predicted octanol–water partition coefficient (Wildman–Crippen LogP) is 0.978. The van der Waals surface area contributed by atoms with E-state index in [2.05, 4.69) is 4.98 Å². The average Bonchev–Trinajstić information content (AvgIpc) is 2.46. The first kappa shape index (κ1) is 12.8. The average molecular weight is 258 g/mol. The van der Waals surface area contributed by atoms with Gasteiger partial charge in [-0.15, -0.1) is 0 Å². The molecule has 0 amide bonds. The molecule has 0 saturated carbocycles. The van der Waals surface area contributed by atoms with E-state index in [1.807, 2.05) is 6.07 Å². The Morgan fingerprint density at radius 3 is 3.05 bits per heavy atom. The zero-order chi connectivity index (χ0) is 13.7. The van der Waals surface area contributed by atoms with Gasteiger partial charge in [-0.3, -0.25) is 4.79 Å². The maximum absolute atomic E-state index is 11.6. The quantitative estimate of drug-likeness (QED) is 0.878. The molecule has 2 aromatic heterocycles. The van der Waals surface area contributed by atoms with E-state index in [1.54, 1.807) is 12.1 Å². The van der Waals surface area contributed by atoms with Gasteiger partial charge in [-0.05, 0) is 6.07 Å². The van der Waals surface area contributed by atoms with E-state index in [9.17, 15) is 4.79 Å². The van der Waals surface area contributed by atoms with Gasteiger partial charge in [0, 0.05) is 17.8 Å². The van der Waals surface area contributed by atoms with Crippen molar-refractivity contribution in [3.8, 4) is 11.8 Å². The molecule has 0 aliphatic carbocycles. The molecule has 0 aliphatic heterocycles. The van der Waals surface area contributed by atoms with E-state index in [-0.39, 0.29) is 30.4 Å². The number of nitriles is 1. The maximum Gasteiger partial charge on any atom is 0.227 e. The third kappa shape index (κ3) is 2.97. The number of hydrogen-bond donors (Lipinski definition) is 1. The standard InChI is InChI=1S/C13H10N2O4/c14-5-11-9(2-1-3-15-11)7-19-13-8-18-10(6-16)4-12(13)17/h1-4,8,16H,6-7H2. The van der Waals surface area contributed by atoms with Crippen LogP contribution in [0.25, 0.3) is 0 Å². The minimum Gasteiger partial charge on any atom is -0.482 e. The zero-order valence-corrected chi connectivity index (χ0v) is 9.87. The van der Waals surface area contributed by atoms with E-state index in [1.165, 1.54) is 6.20 Å². The van der Waals surface area contributed by atoms with Gasteiger partial charge in [0.1, 0.15) is 37.0 Å². The van der Waals surface area contributed by atoms with Crippen molar-refractivity contribution < 1.29 is 14.3 Å². The minimum absolute atomic E-state index is 0.0185. The van der Waals surface area contributed by atoms with Crippen LogP contribution in [0.15, 0.2) is 39.9 Å². The molecule has 19 heavy (non-hydrogen) atoms. The van der Waals surface area contributed by atoms with Crippen LogP contribution in [-0.2, 0) is 13.2 Å². The van der Waals surface area contributed by atoms with Gasteiger partial charge in [0.25, 0.3) is 0 Å². The summed E-state index contributed by atoms with van der Waals surface area (Å²) in [6, 6.07) is 6.46. The molecule has 0 saturated heterocycles. The summed E-state index contributed by atoms with van der Waals surface area (Å²) in [4.78, 5) is 15.5. The van der Waals surface area contributed by atoms with Gasteiger partial charge < -0.3 is 14.3 Å². The van der Waals surface area contributed by atoms with Crippen LogP contribution in [0, 0.1) is 11.3 Å². The highest BCUT2D eigenvalue weighted by molar-refractivity contribution is 5.30. The fourth-order valence-corrected chi connectivity index (χ4v) is 1.44. The molecule has 2 heterocycles. The molecule has 6 nitrogen and oxygen atoms in total. The number of hydrogen-bond acceptors (Lipinski definition) is 6. The second-order valence-corrected chi connectivity index (χ2v) is 3.64. The molecule has 2 aromatic rings. The highest BCUT2D eigenvalue weighted by Gasteiger charge is 2.07. The maximum atomic E-state index is 11.6. The van der Waals surface area contributed by atoms with Crippen LogP contribution in [0.4, 0.5) is 0 Å². The van der Waals surface area contributed by atoms with Crippen LogP contribution in [-0.4, -0.2) is 10.1 Å². The Balaban J connectivity index is 2.15. The molecule has 0 spiro atoms. The monoisotopic (exact) mass is 258 g/mol. The summed E-state index contributed by atoms with van der Waals surface area (Å²) in [7, 11) is 0. The molecule has 6 heteroatoms. The Kier molecular flexibility index (Phi) is 3.90. The molecule has 0 bridgehead atoms. The van der Waals surface area contributed by atoms with Gasteiger partial charge in [-0.25, -0.2) is 4.98 Å². The minimum atomic E-state index is -0.391. The number of pyridine rings is 1. The van der Waals surface area contributed by atoms with Gasteiger partial charge in [0.05, 0.1) is 0 Å². The molecule has 96 valence electrons. The molecule has 0 aromatic carbocycles. The van der Waals surface area contributed by atoms with Crippen molar-refractivity contribution in [3.05, 3.63) is 57.9 Å². The second kappa shape index (κ2) is 5.80. The Labute approximate surface area is 108 Å². The lowest BCUT2D eigenvalue weighted by atomic mass is 10.2. The summed E-state index contributed by atoms with van der Waals surface area (Å²) in [6.45, 7) is -0.309. The lowest BCUT2D eigenvalue weighted by Crippen LogP contribution is -2.09. The van der Waals surface area contributed by atoms with Gasteiger partial charge in [0.2, 0.25) is 11.2 Å². The molecule has 0 aliphatic rings. The first-order valence-electron chi connectivity index (χ1n) is 5.44. The molecule has 1 N–H and O–H groups in total. The Morgan fingerprint density at radius 2 is 2.37 bits per heavy atom. The lowest BCUT2D eigenvalue weighted by Gasteiger charge is -2.06. The Bertz CT molecular complexity index is 673. The molecular weight excluding hydrogens is 248 g/mol. The van der Waals surface area contributed by atoms with Crippen molar-refractivity contribution in [2.45, 2.75) is 13.2 Å². The third-order valence-electron chi connectivity index (χ3n) is 2.39. The number of aliphatic hydroxyl groups excluding tert-OH is 1. The van der Waals surface area contributed by atoms with Crippen LogP contribution in [0.2, 0.25) is 0 Å². The number of ether oxygens (including phenoxy) is 1. The van der Waals surface area contributed by atoms with Gasteiger partial charge in [-0.1, -0.05) is 6.07 Å². The first-order valence-corrected chi connectivity index (χ1v) is 5.44. The molecule has 0 radical (unpaired) electrons. The van der Waals surface area contributed by atoms with Crippen molar-refractivity contribution in [1.29, 1.82) is 5.26 Å². The fourth-order valence-electron chi connectivity index (χ4n) is 1.44. The van der Waals surface area contributed by atoms with E-state index >= 15 is 0 Å². The summed E-state index contributed by atoms with van der Waals surface area (Å²) >= 11 is 0. The van der Waals surface area contributed by atoms with Crippen LogP contribution in [0.1, 0.15) is 17.0 Å². The summed E-state index contributed by atoms with van der Waals surface area (Å²) in [5, 5.41) is 17.7. The summed E-state index contributed by atoms with van der Waals surface area (Å²) in [5.41, 5.74) is 0.437. The zero-order valence-electron chi connectivity index (χ0n) is 9.87. The lowest BCUT2D eigenvalue weighted by molar-refractivity contribution is 0.236. The fraction of sp³-hybridized carbons (Fsp3) is 0.154. The Hall–Kier alpha value is -2.65. The van der Waals surface area contributed by atoms with Crippen LogP contribution in [0.3, 0.4) is 0 Å². The summed E-state index contributed by atoms with van der Waals surface area (Å²) < 4.78 is 10.3. The first-order chi connectivity index (χ1) is 9.24. The van der Waals surface area contributed by atoms with E-state index in [4.69, 9.17) is 19.5 Å². The smallest absolute Gasteiger partial charge is 0.227 e. The summed E-state index contributed by atoms with van der Waals surface area (Å²) in [5.74, 6) is 0.182. The van der Waals surface area contributed by atoms with E-state index < -0.39 is 5.43 Å². The number of rotatable bonds is 4. The van der Waals surface area contributed by atoms with Crippen LogP contribution < -0.4 is 10.2 Å². The molecule has 2 rings (SSSR count). The Morgan fingerprint density at radius 1 is 1.53 bits per heavy atom. The van der Waals surface area contributed by atoms with Crippen molar-refractivity contribution in [2.24, 2.45) is 0 Å². The van der Waals surface area contributed by atoms with E-state index in [0.717, 1.165) is 12.3 Å². The van der Waals surface area contributed by atoms with Crippen molar-refractivity contribution >= 4 is 0 Å². The molecule has 0 atom stereocenters. The molecule has 0 fully saturated rings. The van der Waals surface area contributed by atoms with Gasteiger partial charge in [0.15, 0.2) is 0 Å². The normalized spacial score (nSPS) is 9.89. The van der Waals surface area contributed by atoms with E-state index in [0.29, 0.717) is 5.56 Å². The van der Waals surface area contributed by atoms with Gasteiger partial charge in [-0.2, -0.15) is 5.26 Å².